The molecule has 0 aliphatic carbocycles. The number of nitrogens with zero attached hydrogens (tertiary/aromatic N) is 3. The molecule has 5 heteroatoms. The van der Waals surface area contributed by atoms with E-state index in [9.17, 15) is 0 Å². The maximum Gasteiger partial charge on any atom is 0.171 e. The molecule has 0 amide bonds. The van der Waals surface area contributed by atoms with Crippen LogP contribution in [0.4, 0.5) is 0 Å². The fraction of sp³-hybridized carbons (Fsp3) is 0.500. The molecule has 0 radical (unpaired) electrons. The van der Waals surface area contributed by atoms with Gasteiger partial charge in [-0.1, -0.05) is 13.8 Å². The highest BCUT2D eigenvalue weighted by Gasteiger charge is 2.13. The van der Waals surface area contributed by atoms with Crippen LogP contribution in [-0.4, -0.2) is 21.3 Å². The molecule has 0 bridgehead atoms. The molecule has 2 rings (SSSR count). The molecular weight excluding hydrogens is 264 g/mol. The maximum atomic E-state index is 6.09. The third-order valence-electron chi connectivity index (χ3n) is 3.38. The Labute approximate surface area is 126 Å². The van der Waals surface area contributed by atoms with Gasteiger partial charge < -0.3 is 10.1 Å². The number of rotatable bonds is 6. The quantitative estimate of drug-likeness (QED) is 0.888. The van der Waals surface area contributed by atoms with Gasteiger partial charge in [-0.15, -0.1) is 0 Å². The van der Waals surface area contributed by atoms with E-state index in [1.165, 1.54) is 0 Å². The number of ether oxygens (including phenoxy) is 1. The Bertz CT molecular complexity index is 604. The van der Waals surface area contributed by atoms with E-state index in [1.54, 1.807) is 6.20 Å². The first-order valence-electron chi connectivity index (χ1n) is 7.30. The molecule has 2 heterocycles. The zero-order valence-electron chi connectivity index (χ0n) is 13.5. The lowest BCUT2D eigenvalue weighted by Gasteiger charge is -2.12. The zero-order valence-corrected chi connectivity index (χ0v) is 13.5. The van der Waals surface area contributed by atoms with E-state index in [4.69, 9.17) is 4.74 Å². The van der Waals surface area contributed by atoms with Crippen molar-refractivity contribution in [1.29, 1.82) is 0 Å². The average Bonchev–Trinajstić information content (AvgIpc) is 2.67. The molecule has 1 N–H and O–H groups in total. The van der Waals surface area contributed by atoms with Crippen LogP contribution in [0.15, 0.2) is 18.5 Å². The minimum atomic E-state index is 0.619. The summed E-state index contributed by atoms with van der Waals surface area (Å²) in [5, 5.41) is 7.80. The van der Waals surface area contributed by atoms with Crippen molar-refractivity contribution in [3.8, 4) is 11.5 Å². The lowest BCUT2D eigenvalue weighted by atomic mass is 10.2. The van der Waals surface area contributed by atoms with Crippen molar-refractivity contribution in [2.24, 2.45) is 13.0 Å². The van der Waals surface area contributed by atoms with E-state index in [2.05, 4.69) is 29.2 Å². The number of hydrogen-bond acceptors (Lipinski definition) is 4. The van der Waals surface area contributed by atoms with E-state index in [-0.39, 0.29) is 0 Å². The van der Waals surface area contributed by atoms with Crippen molar-refractivity contribution >= 4 is 0 Å². The minimum Gasteiger partial charge on any atom is -0.453 e. The smallest absolute Gasteiger partial charge is 0.171 e. The predicted octanol–water partition coefficient (Wildman–Crippen LogP) is 2.97. The first kappa shape index (κ1) is 15.5. The second-order valence-electron chi connectivity index (χ2n) is 5.73. The van der Waals surface area contributed by atoms with Gasteiger partial charge in [-0.2, -0.15) is 5.10 Å². The standard InChI is InChI=1S/C16H24N4O/c1-11(2)8-18-10-14-9-17-7-6-15(14)21-16-12(3)19-20(5)13(16)4/h6-7,9,11,18H,8,10H2,1-5H3. The molecule has 5 nitrogen and oxygen atoms in total. The van der Waals surface area contributed by atoms with E-state index in [0.29, 0.717) is 5.92 Å². The normalized spacial score (nSPS) is 11.1. The molecule has 2 aromatic rings. The summed E-state index contributed by atoms with van der Waals surface area (Å²) in [6.07, 6.45) is 3.60. The topological polar surface area (TPSA) is 52.0 Å². The highest BCUT2D eigenvalue weighted by Crippen LogP contribution is 2.29. The first-order valence-corrected chi connectivity index (χ1v) is 7.30. The first-order chi connectivity index (χ1) is 9.99. The number of aryl methyl sites for hydroxylation is 2. The van der Waals surface area contributed by atoms with Crippen LogP contribution in [0.1, 0.15) is 30.8 Å². The summed E-state index contributed by atoms with van der Waals surface area (Å²) in [7, 11) is 1.92. The van der Waals surface area contributed by atoms with Gasteiger partial charge in [0, 0.05) is 31.5 Å². The summed E-state index contributed by atoms with van der Waals surface area (Å²) in [6.45, 7) is 10.1. The van der Waals surface area contributed by atoms with Crippen molar-refractivity contribution < 1.29 is 4.74 Å². The third-order valence-corrected chi connectivity index (χ3v) is 3.38. The summed E-state index contributed by atoms with van der Waals surface area (Å²) in [6, 6.07) is 1.90. The molecule has 0 atom stereocenters. The molecule has 0 aliphatic heterocycles. The van der Waals surface area contributed by atoms with Crippen molar-refractivity contribution in [1.82, 2.24) is 20.1 Å². The van der Waals surface area contributed by atoms with Gasteiger partial charge in [-0.05, 0) is 32.4 Å². The number of aromatic nitrogens is 3. The summed E-state index contributed by atoms with van der Waals surface area (Å²) in [5.41, 5.74) is 2.97. The molecule has 0 fully saturated rings. The third kappa shape index (κ3) is 3.82. The molecule has 114 valence electrons. The predicted molar refractivity (Wildman–Crippen MR) is 83.5 cm³/mol. The lowest BCUT2D eigenvalue weighted by Crippen LogP contribution is -2.19. The van der Waals surface area contributed by atoms with Gasteiger partial charge in [-0.3, -0.25) is 9.67 Å². The van der Waals surface area contributed by atoms with E-state index in [0.717, 1.165) is 41.5 Å². The second kappa shape index (κ2) is 6.72. The van der Waals surface area contributed by atoms with Gasteiger partial charge in [0.2, 0.25) is 0 Å². The Kier molecular flexibility index (Phi) is 4.96. The van der Waals surface area contributed by atoms with Crippen LogP contribution < -0.4 is 10.1 Å². The van der Waals surface area contributed by atoms with Crippen LogP contribution in [0.2, 0.25) is 0 Å². The van der Waals surface area contributed by atoms with Crippen molar-refractivity contribution in [3.63, 3.8) is 0 Å². The van der Waals surface area contributed by atoms with Gasteiger partial charge in [0.05, 0.1) is 5.69 Å². The summed E-state index contributed by atoms with van der Waals surface area (Å²) in [4.78, 5) is 4.19. The van der Waals surface area contributed by atoms with Crippen molar-refractivity contribution in [3.05, 3.63) is 35.4 Å². The molecule has 0 aromatic carbocycles. The SMILES string of the molecule is Cc1nn(C)c(C)c1Oc1ccncc1CNCC(C)C. The fourth-order valence-corrected chi connectivity index (χ4v) is 2.15. The highest BCUT2D eigenvalue weighted by atomic mass is 16.5. The van der Waals surface area contributed by atoms with Crippen LogP contribution >= 0.6 is 0 Å². The van der Waals surface area contributed by atoms with Gasteiger partial charge >= 0.3 is 0 Å². The molecule has 2 aromatic heterocycles. The fourth-order valence-electron chi connectivity index (χ4n) is 2.15. The largest absolute Gasteiger partial charge is 0.453 e. The number of pyridine rings is 1. The highest BCUT2D eigenvalue weighted by molar-refractivity contribution is 5.40. The molecule has 0 aliphatic rings. The Morgan fingerprint density at radius 3 is 2.71 bits per heavy atom. The van der Waals surface area contributed by atoms with E-state index < -0.39 is 0 Å². The Morgan fingerprint density at radius 1 is 1.33 bits per heavy atom. The zero-order chi connectivity index (χ0) is 15.4. The molecular formula is C16H24N4O. The summed E-state index contributed by atoms with van der Waals surface area (Å²) < 4.78 is 7.92. The van der Waals surface area contributed by atoms with Gasteiger partial charge in [0.15, 0.2) is 5.75 Å². The molecule has 0 unspecified atom stereocenters. The number of nitrogens with one attached hydrogen (secondary N) is 1. The lowest BCUT2D eigenvalue weighted by molar-refractivity contribution is 0.460. The van der Waals surface area contributed by atoms with Crippen molar-refractivity contribution in [2.45, 2.75) is 34.2 Å². The molecule has 0 saturated carbocycles. The van der Waals surface area contributed by atoms with Crippen LogP contribution in [0, 0.1) is 19.8 Å². The summed E-state index contributed by atoms with van der Waals surface area (Å²) >= 11 is 0. The van der Waals surface area contributed by atoms with Crippen LogP contribution in [0.5, 0.6) is 11.5 Å². The van der Waals surface area contributed by atoms with E-state index >= 15 is 0 Å². The van der Waals surface area contributed by atoms with Gasteiger partial charge in [0.1, 0.15) is 11.4 Å². The minimum absolute atomic E-state index is 0.619. The van der Waals surface area contributed by atoms with E-state index in [1.807, 2.05) is 37.8 Å². The van der Waals surface area contributed by atoms with Crippen molar-refractivity contribution in [2.75, 3.05) is 6.54 Å². The monoisotopic (exact) mass is 288 g/mol. The Hall–Kier alpha value is -1.88. The second-order valence-corrected chi connectivity index (χ2v) is 5.73. The van der Waals surface area contributed by atoms with Gasteiger partial charge in [0.25, 0.3) is 0 Å². The van der Waals surface area contributed by atoms with Crippen LogP contribution in [0.3, 0.4) is 0 Å². The maximum absolute atomic E-state index is 6.09. The Balaban J connectivity index is 2.16. The Morgan fingerprint density at radius 2 is 2.10 bits per heavy atom. The van der Waals surface area contributed by atoms with Gasteiger partial charge in [-0.25, -0.2) is 0 Å². The molecule has 0 spiro atoms. The molecule has 0 saturated heterocycles. The summed E-state index contributed by atoms with van der Waals surface area (Å²) in [5.74, 6) is 2.28. The molecule has 21 heavy (non-hydrogen) atoms. The average molecular weight is 288 g/mol. The number of hydrogen-bond donors (Lipinski definition) is 1. The van der Waals surface area contributed by atoms with Crippen LogP contribution in [0.25, 0.3) is 0 Å². The van der Waals surface area contributed by atoms with Crippen LogP contribution in [-0.2, 0) is 13.6 Å².